The molecule has 1 N–H and O–H groups in total. The van der Waals surface area contributed by atoms with E-state index >= 15 is 0 Å². The maximum atomic E-state index is 13.0. The van der Waals surface area contributed by atoms with E-state index in [0.29, 0.717) is 10.4 Å². The van der Waals surface area contributed by atoms with Crippen molar-refractivity contribution in [2.24, 2.45) is 0 Å². The van der Waals surface area contributed by atoms with Crippen LogP contribution < -0.4 is 0 Å². The number of benzene rings is 2. The van der Waals surface area contributed by atoms with Gasteiger partial charge in [0.2, 0.25) is 0 Å². The van der Waals surface area contributed by atoms with Crippen molar-refractivity contribution in [2.75, 3.05) is 0 Å². The molecule has 0 aliphatic heterocycles. The molecular formula is C22H24N2O2S. The van der Waals surface area contributed by atoms with Crippen LogP contribution >= 0.6 is 0 Å². The van der Waals surface area contributed by atoms with Crippen molar-refractivity contribution < 1.29 is 8.42 Å². The molecule has 5 heteroatoms. The molecule has 27 heavy (non-hydrogen) atoms. The third-order valence-corrected chi connectivity index (χ3v) is 6.80. The quantitative estimate of drug-likeness (QED) is 0.432. The number of hydrogen-bond acceptors (Lipinski definition) is 2. The fourth-order valence-electron chi connectivity index (χ4n) is 3.66. The fourth-order valence-corrected chi connectivity index (χ4v) is 5.02. The molecule has 0 amide bonds. The molecule has 4 nitrogen and oxygen atoms in total. The largest absolute Gasteiger partial charge is 0.358 e. The van der Waals surface area contributed by atoms with Crippen molar-refractivity contribution >= 4 is 31.8 Å². The first-order valence-electron chi connectivity index (χ1n) is 9.53. The third kappa shape index (κ3) is 3.28. The van der Waals surface area contributed by atoms with Crippen molar-refractivity contribution in [2.45, 2.75) is 43.9 Å². The maximum absolute atomic E-state index is 13.0. The highest BCUT2D eigenvalue weighted by molar-refractivity contribution is 7.90. The fraction of sp³-hybridized carbons (Fsp3) is 0.273. The van der Waals surface area contributed by atoms with Crippen molar-refractivity contribution in [1.82, 2.24) is 8.96 Å². The molecule has 0 fully saturated rings. The number of unbranched alkanes of at least 4 members (excludes halogenated alkanes) is 3. The minimum atomic E-state index is -3.60. The van der Waals surface area contributed by atoms with Gasteiger partial charge in [-0.1, -0.05) is 44.4 Å². The molecule has 140 valence electrons. The molecule has 4 aromatic rings. The Bertz CT molecular complexity index is 1170. The Morgan fingerprint density at radius 1 is 0.926 bits per heavy atom. The predicted molar refractivity (Wildman–Crippen MR) is 111 cm³/mol. The Labute approximate surface area is 159 Å². The van der Waals surface area contributed by atoms with Crippen LogP contribution in [-0.2, 0) is 16.4 Å². The van der Waals surface area contributed by atoms with Gasteiger partial charge in [-0.25, -0.2) is 12.4 Å². The molecule has 0 unspecified atom stereocenters. The minimum absolute atomic E-state index is 0.299. The lowest BCUT2D eigenvalue weighted by Gasteiger charge is -2.07. The maximum Gasteiger partial charge on any atom is 0.268 e. The van der Waals surface area contributed by atoms with E-state index in [1.54, 1.807) is 30.5 Å². The summed E-state index contributed by atoms with van der Waals surface area (Å²) in [7, 11) is -3.60. The highest BCUT2D eigenvalue weighted by Crippen LogP contribution is 2.29. The van der Waals surface area contributed by atoms with E-state index in [2.05, 4.69) is 18.0 Å². The average molecular weight is 381 g/mol. The van der Waals surface area contributed by atoms with E-state index in [9.17, 15) is 8.42 Å². The van der Waals surface area contributed by atoms with Crippen molar-refractivity contribution in [3.8, 4) is 0 Å². The number of aryl methyl sites for hydroxylation is 1. The molecular weight excluding hydrogens is 356 g/mol. The number of aromatic amines is 1. The zero-order valence-electron chi connectivity index (χ0n) is 15.5. The number of H-pyrrole nitrogens is 1. The molecule has 0 aliphatic carbocycles. The van der Waals surface area contributed by atoms with Gasteiger partial charge in [-0.15, -0.1) is 0 Å². The van der Waals surface area contributed by atoms with Crippen LogP contribution in [0.25, 0.3) is 21.8 Å². The van der Waals surface area contributed by atoms with Gasteiger partial charge in [0.25, 0.3) is 10.0 Å². The first-order chi connectivity index (χ1) is 13.1. The lowest BCUT2D eigenvalue weighted by Crippen LogP contribution is -2.11. The Balaban J connectivity index is 1.73. The summed E-state index contributed by atoms with van der Waals surface area (Å²) in [4.78, 5) is 3.78. The van der Waals surface area contributed by atoms with Crippen molar-refractivity contribution in [3.05, 3.63) is 66.5 Å². The van der Waals surface area contributed by atoms with E-state index in [0.717, 1.165) is 22.7 Å². The number of hydrogen-bond donors (Lipinski definition) is 1. The Hall–Kier alpha value is -2.53. The van der Waals surface area contributed by atoms with Crippen LogP contribution in [0.2, 0.25) is 0 Å². The van der Waals surface area contributed by atoms with E-state index in [4.69, 9.17) is 0 Å². The van der Waals surface area contributed by atoms with Crippen LogP contribution in [0.1, 0.15) is 38.3 Å². The van der Waals surface area contributed by atoms with Crippen LogP contribution in [0, 0.1) is 0 Å². The lowest BCUT2D eigenvalue weighted by atomic mass is 10.1. The van der Waals surface area contributed by atoms with Gasteiger partial charge in [-0.05, 0) is 49.2 Å². The standard InChI is InChI=1S/C22H24N2O2S/c1-2-3-4-6-9-17-16-20-19-14-15-24(22(19)13-12-21(20)23-17)27(25,26)18-10-7-5-8-11-18/h5,7-8,10-16,23H,2-4,6,9H2,1H3. The molecule has 0 saturated carbocycles. The van der Waals surface area contributed by atoms with Crippen LogP contribution in [0.15, 0.2) is 65.7 Å². The monoisotopic (exact) mass is 380 g/mol. The molecule has 2 heterocycles. The number of rotatable bonds is 7. The highest BCUT2D eigenvalue weighted by atomic mass is 32.2. The molecule has 0 aliphatic rings. The summed E-state index contributed by atoms with van der Waals surface area (Å²) < 4.78 is 27.4. The summed E-state index contributed by atoms with van der Waals surface area (Å²) in [5, 5.41) is 2.04. The zero-order valence-corrected chi connectivity index (χ0v) is 16.3. The van der Waals surface area contributed by atoms with Crippen LogP contribution in [0.5, 0.6) is 0 Å². The number of nitrogens with zero attached hydrogens (tertiary/aromatic N) is 1. The van der Waals surface area contributed by atoms with Gasteiger partial charge < -0.3 is 4.98 Å². The molecule has 2 aromatic heterocycles. The first-order valence-corrected chi connectivity index (χ1v) is 11.0. The second-order valence-electron chi connectivity index (χ2n) is 6.99. The third-order valence-electron chi connectivity index (χ3n) is 5.09. The Morgan fingerprint density at radius 2 is 1.74 bits per heavy atom. The van der Waals surface area contributed by atoms with Gasteiger partial charge in [-0.3, -0.25) is 0 Å². The van der Waals surface area contributed by atoms with Crippen molar-refractivity contribution in [3.63, 3.8) is 0 Å². The number of nitrogens with one attached hydrogen (secondary N) is 1. The first kappa shape index (κ1) is 17.9. The predicted octanol–water partition coefficient (Wildman–Crippen LogP) is 5.48. The Kier molecular flexibility index (Phi) is 4.79. The van der Waals surface area contributed by atoms with Gasteiger partial charge in [0.15, 0.2) is 0 Å². The number of aromatic nitrogens is 2. The smallest absolute Gasteiger partial charge is 0.268 e. The van der Waals surface area contributed by atoms with Gasteiger partial charge >= 0.3 is 0 Å². The van der Waals surface area contributed by atoms with Crippen LogP contribution in [-0.4, -0.2) is 17.4 Å². The van der Waals surface area contributed by atoms with Crippen molar-refractivity contribution in [1.29, 1.82) is 0 Å². The second-order valence-corrected chi connectivity index (χ2v) is 8.81. The molecule has 0 bridgehead atoms. The summed E-state index contributed by atoms with van der Waals surface area (Å²) >= 11 is 0. The summed E-state index contributed by atoms with van der Waals surface area (Å²) in [6.45, 7) is 2.22. The second kappa shape index (κ2) is 7.24. The highest BCUT2D eigenvalue weighted by Gasteiger charge is 2.19. The summed E-state index contributed by atoms with van der Waals surface area (Å²) in [6, 6.07) is 16.5. The number of fused-ring (bicyclic) bond motifs is 3. The molecule has 0 radical (unpaired) electrons. The average Bonchev–Trinajstić information content (AvgIpc) is 3.29. The molecule has 0 spiro atoms. The van der Waals surface area contributed by atoms with Crippen LogP contribution in [0.4, 0.5) is 0 Å². The Morgan fingerprint density at radius 3 is 2.52 bits per heavy atom. The lowest BCUT2D eigenvalue weighted by molar-refractivity contribution is 0.589. The zero-order chi connectivity index (χ0) is 18.9. The normalized spacial score (nSPS) is 12.2. The van der Waals surface area contributed by atoms with Gasteiger partial charge in [0.1, 0.15) is 0 Å². The van der Waals surface area contributed by atoms with E-state index in [1.807, 2.05) is 24.3 Å². The van der Waals surface area contributed by atoms with E-state index in [-0.39, 0.29) is 0 Å². The molecule has 4 rings (SSSR count). The minimum Gasteiger partial charge on any atom is -0.358 e. The van der Waals surface area contributed by atoms with Gasteiger partial charge in [-0.2, -0.15) is 0 Å². The summed E-state index contributed by atoms with van der Waals surface area (Å²) in [6.07, 6.45) is 7.60. The van der Waals surface area contributed by atoms with E-state index < -0.39 is 10.0 Å². The molecule has 0 atom stereocenters. The summed E-state index contributed by atoms with van der Waals surface area (Å²) in [5.41, 5.74) is 2.98. The van der Waals surface area contributed by atoms with Crippen LogP contribution in [0.3, 0.4) is 0 Å². The van der Waals surface area contributed by atoms with Gasteiger partial charge in [0.05, 0.1) is 10.4 Å². The molecule has 2 aromatic carbocycles. The topological polar surface area (TPSA) is 54.9 Å². The SMILES string of the molecule is CCCCCCc1cc2c(ccc3c2ccn3S(=O)(=O)c2ccccc2)[nH]1. The van der Waals surface area contributed by atoms with Gasteiger partial charge in [0, 0.05) is 28.2 Å². The molecule has 0 saturated heterocycles. The van der Waals surface area contributed by atoms with E-state index in [1.165, 1.54) is 35.3 Å². The summed E-state index contributed by atoms with van der Waals surface area (Å²) in [5.74, 6) is 0.